The fraction of sp³-hybridized carbons (Fsp3) is 0.300. The molecule has 2 N–H and O–H groups in total. The molecular formula is C20H21FN6O2. The van der Waals surface area contributed by atoms with E-state index in [1.165, 1.54) is 37.1 Å². The van der Waals surface area contributed by atoms with Crippen molar-refractivity contribution in [2.45, 2.75) is 38.3 Å². The second-order valence-corrected chi connectivity index (χ2v) is 6.87. The van der Waals surface area contributed by atoms with Crippen LogP contribution in [0.5, 0.6) is 11.6 Å². The normalized spacial score (nSPS) is 14.0. The Labute approximate surface area is 167 Å². The van der Waals surface area contributed by atoms with Gasteiger partial charge in [-0.25, -0.2) is 9.37 Å². The van der Waals surface area contributed by atoms with Crippen molar-refractivity contribution in [1.29, 1.82) is 0 Å². The Hall–Kier alpha value is -3.49. The number of anilines is 2. The van der Waals surface area contributed by atoms with Gasteiger partial charge < -0.3 is 15.4 Å². The number of carbonyl (C=O) groups is 1. The predicted octanol–water partition coefficient (Wildman–Crippen LogP) is 3.41. The zero-order valence-corrected chi connectivity index (χ0v) is 15.7. The molecule has 2 aromatic heterocycles. The second kappa shape index (κ2) is 8.68. The summed E-state index contributed by atoms with van der Waals surface area (Å²) in [5, 5.41) is 10.3. The summed E-state index contributed by atoms with van der Waals surface area (Å²) in [5.74, 6) is 0.725. The Morgan fingerprint density at radius 2 is 2.00 bits per heavy atom. The highest BCUT2D eigenvalue weighted by Gasteiger charge is 2.17. The van der Waals surface area contributed by atoms with Gasteiger partial charge in [-0.15, -0.1) is 0 Å². The van der Waals surface area contributed by atoms with Crippen LogP contribution in [0.1, 0.15) is 25.7 Å². The lowest BCUT2D eigenvalue weighted by atomic mass is 10.2. The van der Waals surface area contributed by atoms with Gasteiger partial charge in [-0.3, -0.25) is 9.48 Å². The SMILES string of the molecule is O=C(Cn1cc(Nc2nccc(Oc3ccc(F)cc3)n2)cn1)NC1CCCC1. The van der Waals surface area contributed by atoms with Gasteiger partial charge in [0.1, 0.15) is 18.1 Å². The Balaban J connectivity index is 1.34. The second-order valence-electron chi connectivity index (χ2n) is 6.87. The molecular weight excluding hydrogens is 375 g/mol. The lowest BCUT2D eigenvalue weighted by Crippen LogP contribution is -2.35. The first-order valence-corrected chi connectivity index (χ1v) is 9.49. The smallest absolute Gasteiger partial charge is 0.241 e. The molecule has 0 saturated heterocycles. The topological polar surface area (TPSA) is 94.0 Å². The summed E-state index contributed by atoms with van der Waals surface area (Å²) in [6, 6.07) is 7.55. The molecule has 29 heavy (non-hydrogen) atoms. The monoisotopic (exact) mass is 396 g/mol. The van der Waals surface area contributed by atoms with Gasteiger partial charge in [-0.1, -0.05) is 12.8 Å². The quantitative estimate of drug-likeness (QED) is 0.636. The summed E-state index contributed by atoms with van der Waals surface area (Å²) in [5.41, 5.74) is 0.651. The van der Waals surface area contributed by atoms with Gasteiger partial charge in [-0.05, 0) is 37.1 Å². The summed E-state index contributed by atoms with van der Waals surface area (Å²) in [4.78, 5) is 20.5. The maximum atomic E-state index is 13.0. The summed E-state index contributed by atoms with van der Waals surface area (Å²) in [6.07, 6.45) is 9.30. The third kappa shape index (κ3) is 5.28. The maximum absolute atomic E-state index is 13.0. The molecule has 3 aromatic rings. The minimum Gasteiger partial charge on any atom is -0.439 e. The molecule has 0 spiro atoms. The summed E-state index contributed by atoms with van der Waals surface area (Å²) in [6.45, 7) is 0.159. The number of nitrogens with one attached hydrogen (secondary N) is 2. The molecule has 1 saturated carbocycles. The summed E-state index contributed by atoms with van der Waals surface area (Å²) >= 11 is 0. The lowest BCUT2D eigenvalue weighted by Gasteiger charge is -2.11. The standard InChI is InChI=1S/C20H21FN6O2/c21-14-5-7-17(8-6-14)29-19-9-10-22-20(26-19)25-16-11-23-27(12-16)13-18(28)24-15-3-1-2-4-15/h5-12,15H,1-4,13H2,(H,24,28)(H,22,25,26). The van der Waals surface area contributed by atoms with Gasteiger partial charge in [0.15, 0.2) is 0 Å². The molecule has 0 atom stereocenters. The van der Waals surface area contributed by atoms with Crippen LogP contribution in [0.4, 0.5) is 16.0 Å². The van der Waals surface area contributed by atoms with Gasteiger partial charge in [0.05, 0.1) is 11.9 Å². The molecule has 0 aliphatic heterocycles. The Morgan fingerprint density at radius 3 is 2.79 bits per heavy atom. The molecule has 0 radical (unpaired) electrons. The Kier molecular flexibility index (Phi) is 5.64. The van der Waals surface area contributed by atoms with E-state index in [9.17, 15) is 9.18 Å². The minimum absolute atomic E-state index is 0.0440. The molecule has 150 valence electrons. The average molecular weight is 396 g/mol. The molecule has 2 heterocycles. The van der Waals surface area contributed by atoms with E-state index in [1.54, 1.807) is 29.3 Å². The Morgan fingerprint density at radius 1 is 1.21 bits per heavy atom. The van der Waals surface area contributed by atoms with Gasteiger partial charge in [-0.2, -0.15) is 10.1 Å². The number of benzene rings is 1. The molecule has 8 nitrogen and oxygen atoms in total. The van der Waals surface area contributed by atoms with Crippen LogP contribution in [0, 0.1) is 5.82 Å². The summed E-state index contributed by atoms with van der Waals surface area (Å²) < 4.78 is 20.2. The van der Waals surface area contributed by atoms with Crippen LogP contribution in [0.25, 0.3) is 0 Å². The molecule has 9 heteroatoms. The molecule has 1 aromatic carbocycles. The fourth-order valence-corrected chi connectivity index (χ4v) is 3.22. The van der Waals surface area contributed by atoms with Crippen molar-refractivity contribution in [2.24, 2.45) is 0 Å². The molecule has 0 unspecified atom stereocenters. The van der Waals surface area contributed by atoms with E-state index < -0.39 is 0 Å². The first kappa shape index (κ1) is 18.9. The van der Waals surface area contributed by atoms with Crippen LogP contribution in [0.3, 0.4) is 0 Å². The first-order valence-electron chi connectivity index (χ1n) is 9.49. The van der Waals surface area contributed by atoms with Crippen LogP contribution < -0.4 is 15.4 Å². The van der Waals surface area contributed by atoms with E-state index in [2.05, 4.69) is 25.7 Å². The van der Waals surface area contributed by atoms with Crippen LogP contribution in [0.15, 0.2) is 48.9 Å². The molecule has 1 aliphatic rings. The van der Waals surface area contributed by atoms with E-state index in [-0.39, 0.29) is 24.3 Å². The third-order valence-corrected chi connectivity index (χ3v) is 4.58. The number of rotatable bonds is 7. The van der Waals surface area contributed by atoms with Crippen molar-refractivity contribution >= 4 is 17.5 Å². The van der Waals surface area contributed by atoms with E-state index in [0.717, 1.165) is 12.8 Å². The highest BCUT2D eigenvalue weighted by molar-refractivity contribution is 5.76. The zero-order chi connectivity index (χ0) is 20.1. The van der Waals surface area contributed by atoms with Crippen LogP contribution >= 0.6 is 0 Å². The molecule has 1 amide bonds. The lowest BCUT2D eigenvalue weighted by molar-refractivity contribution is -0.122. The van der Waals surface area contributed by atoms with Gasteiger partial charge in [0.25, 0.3) is 0 Å². The molecule has 4 rings (SSSR count). The number of aromatic nitrogens is 4. The zero-order valence-electron chi connectivity index (χ0n) is 15.7. The van der Waals surface area contributed by atoms with Crippen LogP contribution in [-0.4, -0.2) is 31.7 Å². The predicted molar refractivity (Wildman–Crippen MR) is 104 cm³/mol. The van der Waals surface area contributed by atoms with Crippen LogP contribution in [0.2, 0.25) is 0 Å². The van der Waals surface area contributed by atoms with Crippen LogP contribution in [-0.2, 0) is 11.3 Å². The van der Waals surface area contributed by atoms with Crippen molar-refractivity contribution in [3.8, 4) is 11.6 Å². The summed E-state index contributed by atoms with van der Waals surface area (Å²) in [7, 11) is 0. The van der Waals surface area contributed by atoms with Crippen molar-refractivity contribution in [3.63, 3.8) is 0 Å². The number of carbonyl (C=O) groups excluding carboxylic acids is 1. The number of ether oxygens (including phenoxy) is 1. The molecule has 1 fully saturated rings. The first-order chi connectivity index (χ1) is 14.1. The van der Waals surface area contributed by atoms with E-state index in [4.69, 9.17) is 4.74 Å². The minimum atomic E-state index is -0.337. The van der Waals surface area contributed by atoms with Gasteiger partial charge in [0, 0.05) is 24.5 Å². The number of halogens is 1. The Bertz CT molecular complexity index is 969. The van der Waals surface area contributed by atoms with Gasteiger partial charge >= 0.3 is 0 Å². The largest absolute Gasteiger partial charge is 0.439 e. The van der Waals surface area contributed by atoms with Crippen molar-refractivity contribution in [3.05, 3.63) is 54.7 Å². The highest BCUT2D eigenvalue weighted by atomic mass is 19.1. The number of hydrogen-bond acceptors (Lipinski definition) is 6. The highest BCUT2D eigenvalue weighted by Crippen LogP contribution is 2.21. The number of hydrogen-bond donors (Lipinski definition) is 2. The van der Waals surface area contributed by atoms with Crippen molar-refractivity contribution in [1.82, 2.24) is 25.1 Å². The number of nitrogens with zero attached hydrogens (tertiary/aromatic N) is 4. The van der Waals surface area contributed by atoms with E-state index in [0.29, 0.717) is 23.3 Å². The van der Waals surface area contributed by atoms with Crippen molar-refractivity contribution in [2.75, 3.05) is 5.32 Å². The van der Waals surface area contributed by atoms with Crippen molar-refractivity contribution < 1.29 is 13.9 Å². The average Bonchev–Trinajstić information content (AvgIpc) is 3.36. The maximum Gasteiger partial charge on any atom is 0.241 e. The fourth-order valence-electron chi connectivity index (χ4n) is 3.22. The van der Waals surface area contributed by atoms with Gasteiger partial charge in [0.2, 0.25) is 17.7 Å². The van der Waals surface area contributed by atoms with E-state index >= 15 is 0 Å². The third-order valence-electron chi connectivity index (χ3n) is 4.58. The number of amides is 1. The molecule has 1 aliphatic carbocycles. The van der Waals surface area contributed by atoms with E-state index in [1.807, 2.05) is 0 Å². The molecule has 0 bridgehead atoms.